The quantitative estimate of drug-likeness (QED) is 0.932. The molecule has 128 valence electrons. The number of rotatable bonds is 3. The molecule has 0 saturated carbocycles. The third kappa shape index (κ3) is 3.43. The third-order valence-corrected chi connectivity index (χ3v) is 3.89. The highest BCUT2D eigenvalue weighted by atomic mass is 19.4. The van der Waals surface area contributed by atoms with E-state index in [0.717, 1.165) is 32.2 Å². The van der Waals surface area contributed by atoms with Crippen molar-refractivity contribution in [2.24, 2.45) is 0 Å². The molecule has 1 saturated heterocycles. The Morgan fingerprint density at radius 1 is 1.12 bits per heavy atom. The number of aromatic nitrogens is 2. The Morgan fingerprint density at radius 3 is 2.54 bits per heavy atom. The van der Waals surface area contributed by atoms with Crippen LogP contribution in [-0.2, 0) is 6.18 Å². The Bertz CT molecular complexity index is 715. The Hall–Kier alpha value is -2.35. The monoisotopic (exact) mass is 338 g/mol. The van der Waals surface area contributed by atoms with Crippen molar-refractivity contribution >= 4 is 5.82 Å². The lowest BCUT2D eigenvalue weighted by molar-refractivity contribution is -0.138. The molecule has 8 heteroatoms. The lowest BCUT2D eigenvalue weighted by Gasteiger charge is -2.28. The Morgan fingerprint density at radius 2 is 1.88 bits per heavy atom. The molecule has 1 fully saturated rings. The van der Waals surface area contributed by atoms with Gasteiger partial charge in [0.15, 0.2) is 0 Å². The van der Waals surface area contributed by atoms with E-state index >= 15 is 0 Å². The van der Waals surface area contributed by atoms with Gasteiger partial charge in [0.1, 0.15) is 17.9 Å². The van der Waals surface area contributed by atoms with Gasteiger partial charge in [-0.15, -0.1) is 0 Å². The first kappa shape index (κ1) is 16.5. The molecule has 0 unspecified atom stereocenters. The summed E-state index contributed by atoms with van der Waals surface area (Å²) in [7, 11) is 1.22. The predicted octanol–water partition coefficient (Wildman–Crippen LogP) is 2.58. The van der Waals surface area contributed by atoms with E-state index in [0.29, 0.717) is 17.1 Å². The number of anilines is 1. The van der Waals surface area contributed by atoms with Crippen molar-refractivity contribution in [3.05, 3.63) is 36.2 Å². The van der Waals surface area contributed by atoms with Crippen molar-refractivity contribution in [1.82, 2.24) is 15.3 Å². The van der Waals surface area contributed by atoms with Crippen LogP contribution in [0.5, 0.6) is 5.75 Å². The topological polar surface area (TPSA) is 50.3 Å². The molecule has 24 heavy (non-hydrogen) atoms. The second-order valence-electron chi connectivity index (χ2n) is 5.41. The minimum atomic E-state index is -4.49. The molecule has 2 heterocycles. The van der Waals surface area contributed by atoms with Gasteiger partial charge in [-0.3, -0.25) is 0 Å². The molecule has 1 aromatic heterocycles. The van der Waals surface area contributed by atoms with Crippen LogP contribution >= 0.6 is 0 Å². The molecule has 1 aromatic carbocycles. The molecule has 0 amide bonds. The van der Waals surface area contributed by atoms with Crippen molar-refractivity contribution < 1.29 is 17.9 Å². The van der Waals surface area contributed by atoms with Gasteiger partial charge in [-0.1, -0.05) is 0 Å². The van der Waals surface area contributed by atoms with Crippen molar-refractivity contribution in [2.75, 3.05) is 38.2 Å². The minimum Gasteiger partial charge on any atom is -0.496 e. The van der Waals surface area contributed by atoms with Gasteiger partial charge in [0.25, 0.3) is 0 Å². The lowest BCUT2D eigenvalue weighted by atomic mass is 10.1. The summed E-state index contributed by atoms with van der Waals surface area (Å²) >= 11 is 0. The largest absolute Gasteiger partial charge is 0.496 e. The van der Waals surface area contributed by atoms with Crippen LogP contribution in [0, 0.1) is 0 Å². The second kappa shape index (κ2) is 6.64. The SMILES string of the molecule is COc1ccc(-c2cc(N3CCNCC3)ncn2)cc1C(F)(F)F. The van der Waals surface area contributed by atoms with E-state index in [-0.39, 0.29) is 5.75 Å². The highest BCUT2D eigenvalue weighted by Gasteiger charge is 2.34. The van der Waals surface area contributed by atoms with E-state index < -0.39 is 11.7 Å². The number of benzene rings is 1. The van der Waals surface area contributed by atoms with Gasteiger partial charge >= 0.3 is 6.18 Å². The fourth-order valence-corrected chi connectivity index (χ4v) is 2.66. The Kier molecular flexibility index (Phi) is 4.57. The van der Waals surface area contributed by atoms with E-state index in [4.69, 9.17) is 4.74 Å². The average Bonchev–Trinajstić information content (AvgIpc) is 2.61. The molecule has 0 atom stereocenters. The second-order valence-corrected chi connectivity index (χ2v) is 5.41. The van der Waals surface area contributed by atoms with Crippen molar-refractivity contribution in [3.8, 4) is 17.0 Å². The number of ether oxygens (including phenoxy) is 1. The van der Waals surface area contributed by atoms with Crippen LogP contribution in [0.25, 0.3) is 11.3 Å². The van der Waals surface area contributed by atoms with E-state index in [9.17, 15) is 13.2 Å². The van der Waals surface area contributed by atoms with Crippen LogP contribution in [0.15, 0.2) is 30.6 Å². The first-order valence-electron chi connectivity index (χ1n) is 7.52. The van der Waals surface area contributed by atoms with Crippen LogP contribution < -0.4 is 15.0 Å². The molecule has 0 aliphatic carbocycles. The average molecular weight is 338 g/mol. The van der Waals surface area contributed by atoms with Gasteiger partial charge in [-0.2, -0.15) is 13.2 Å². The van der Waals surface area contributed by atoms with Gasteiger partial charge in [0.2, 0.25) is 0 Å². The van der Waals surface area contributed by atoms with Gasteiger partial charge < -0.3 is 15.0 Å². The standard InChI is InChI=1S/C16H17F3N4O/c1-24-14-3-2-11(8-12(14)16(17,18)19)13-9-15(22-10-21-13)23-6-4-20-5-7-23/h2-3,8-10,20H,4-7H2,1H3. The summed E-state index contributed by atoms with van der Waals surface area (Å²) in [5.41, 5.74) is 0.0124. The molecule has 0 radical (unpaired) electrons. The van der Waals surface area contributed by atoms with Gasteiger partial charge in [-0.25, -0.2) is 9.97 Å². The zero-order valence-corrected chi connectivity index (χ0v) is 13.1. The number of nitrogens with one attached hydrogen (secondary N) is 1. The van der Waals surface area contributed by atoms with Crippen molar-refractivity contribution in [2.45, 2.75) is 6.18 Å². The molecule has 1 aliphatic rings. The highest BCUT2D eigenvalue weighted by Crippen LogP contribution is 2.38. The summed E-state index contributed by atoms with van der Waals surface area (Å²) in [5.74, 6) is 0.508. The van der Waals surface area contributed by atoms with Crippen LogP contribution in [0.4, 0.5) is 19.0 Å². The maximum absolute atomic E-state index is 13.2. The molecule has 0 bridgehead atoms. The normalized spacial score (nSPS) is 15.4. The summed E-state index contributed by atoms with van der Waals surface area (Å²) in [6.07, 6.45) is -3.11. The zero-order chi connectivity index (χ0) is 17.2. The number of piperazine rings is 1. The number of hydrogen-bond donors (Lipinski definition) is 1. The molecule has 0 spiro atoms. The maximum Gasteiger partial charge on any atom is 0.419 e. The van der Waals surface area contributed by atoms with E-state index in [2.05, 4.69) is 20.2 Å². The third-order valence-electron chi connectivity index (χ3n) is 3.89. The summed E-state index contributed by atoms with van der Waals surface area (Å²) in [6, 6.07) is 5.65. The van der Waals surface area contributed by atoms with Crippen LogP contribution in [0.2, 0.25) is 0 Å². The molecule has 5 nitrogen and oxygen atoms in total. The van der Waals surface area contributed by atoms with Gasteiger partial charge in [-0.05, 0) is 18.2 Å². The minimum absolute atomic E-state index is 0.206. The van der Waals surface area contributed by atoms with E-state index in [1.807, 2.05) is 0 Å². The Labute approximate surface area is 137 Å². The number of nitrogens with zero attached hydrogens (tertiary/aromatic N) is 3. The number of methoxy groups -OCH3 is 1. The lowest BCUT2D eigenvalue weighted by Crippen LogP contribution is -2.43. The summed E-state index contributed by atoms with van der Waals surface area (Å²) in [4.78, 5) is 10.4. The zero-order valence-electron chi connectivity index (χ0n) is 13.1. The van der Waals surface area contributed by atoms with Crippen LogP contribution in [-0.4, -0.2) is 43.3 Å². The van der Waals surface area contributed by atoms with E-state index in [1.54, 1.807) is 12.1 Å². The van der Waals surface area contributed by atoms with Crippen molar-refractivity contribution in [1.29, 1.82) is 0 Å². The van der Waals surface area contributed by atoms with Gasteiger partial charge in [0.05, 0.1) is 18.4 Å². The molecular formula is C16H17F3N4O. The Balaban J connectivity index is 1.97. The van der Waals surface area contributed by atoms with E-state index in [1.165, 1.54) is 19.5 Å². The molecular weight excluding hydrogens is 321 g/mol. The van der Waals surface area contributed by atoms with Crippen LogP contribution in [0.1, 0.15) is 5.56 Å². The number of halogens is 3. The fraction of sp³-hybridized carbons (Fsp3) is 0.375. The smallest absolute Gasteiger partial charge is 0.419 e. The highest BCUT2D eigenvalue weighted by molar-refractivity contribution is 5.65. The molecule has 3 rings (SSSR count). The maximum atomic E-state index is 13.2. The first-order valence-corrected chi connectivity index (χ1v) is 7.52. The van der Waals surface area contributed by atoms with Crippen LogP contribution in [0.3, 0.4) is 0 Å². The summed E-state index contributed by atoms with van der Waals surface area (Å²) in [5, 5.41) is 3.24. The van der Waals surface area contributed by atoms with Crippen molar-refractivity contribution in [3.63, 3.8) is 0 Å². The van der Waals surface area contributed by atoms with Gasteiger partial charge in [0, 0.05) is 37.8 Å². The summed E-state index contributed by atoms with van der Waals surface area (Å²) in [6.45, 7) is 3.29. The molecule has 1 aliphatic heterocycles. The number of alkyl halides is 3. The molecule has 2 aromatic rings. The first-order chi connectivity index (χ1) is 11.5. The summed E-state index contributed by atoms with van der Waals surface area (Å²) < 4.78 is 44.3. The molecule has 1 N–H and O–H groups in total. The predicted molar refractivity (Wildman–Crippen MR) is 84.1 cm³/mol. The number of hydrogen-bond acceptors (Lipinski definition) is 5. The fourth-order valence-electron chi connectivity index (χ4n) is 2.66.